The fourth-order valence-corrected chi connectivity index (χ4v) is 1.98. The minimum absolute atomic E-state index is 0.499. The van der Waals surface area contributed by atoms with Gasteiger partial charge in [0.05, 0.1) is 4.47 Å². The number of rotatable bonds is 2. The van der Waals surface area contributed by atoms with Gasteiger partial charge < -0.3 is 5.21 Å². The van der Waals surface area contributed by atoms with Crippen LogP contribution >= 0.6 is 31.9 Å². The highest BCUT2D eigenvalue weighted by Gasteiger charge is 2.07. The molecule has 0 heterocycles. The first kappa shape index (κ1) is 12.3. The molecule has 0 aromatic heterocycles. The average Bonchev–Trinajstić information content (AvgIpc) is 2.36. The van der Waals surface area contributed by atoms with Crippen LogP contribution in [-0.2, 0) is 0 Å². The van der Waals surface area contributed by atoms with Gasteiger partial charge in [-0.25, -0.2) is 0 Å². The van der Waals surface area contributed by atoms with Crippen LogP contribution in [0.1, 0.15) is 0 Å². The van der Waals surface area contributed by atoms with Gasteiger partial charge in [0.2, 0.25) is 5.69 Å². The molecule has 0 spiro atoms. The second-order valence-electron chi connectivity index (χ2n) is 3.28. The second kappa shape index (κ2) is 5.42. The van der Waals surface area contributed by atoms with Crippen LogP contribution in [0.5, 0.6) is 0 Å². The summed E-state index contributed by atoms with van der Waals surface area (Å²) in [4.78, 5) is 0.604. The molecule has 17 heavy (non-hydrogen) atoms. The zero-order valence-electron chi connectivity index (χ0n) is 8.68. The Morgan fingerprint density at radius 2 is 1.65 bits per heavy atom. The molecule has 0 fully saturated rings. The number of nitrogens with zero attached hydrogens (tertiary/aromatic N) is 2. The third kappa shape index (κ3) is 2.92. The summed E-state index contributed by atoms with van der Waals surface area (Å²) in [6.07, 6.45) is 0. The largest absolute Gasteiger partial charge is 0.594 e. The number of azo groups is 1. The van der Waals surface area contributed by atoms with E-state index in [0.717, 1.165) is 8.95 Å². The van der Waals surface area contributed by atoms with Crippen molar-refractivity contribution in [3.05, 3.63) is 62.7 Å². The molecular formula is C12H8Br2N2O. The number of para-hydroxylation sites is 1. The molecule has 3 nitrogen and oxygen atoms in total. The molecule has 86 valence electrons. The molecule has 0 amide bonds. The molecule has 0 radical (unpaired) electrons. The second-order valence-corrected chi connectivity index (χ2v) is 4.93. The van der Waals surface area contributed by atoms with Crippen LogP contribution in [-0.4, -0.2) is 4.86 Å². The van der Waals surface area contributed by atoms with Crippen molar-refractivity contribution in [2.45, 2.75) is 0 Å². The third-order valence-electron chi connectivity index (χ3n) is 2.11. The summed E-state index contributed by atoms with van der Waals surface area (Å²) in [5, 5.41) is 15.8. The van der Waals surface area contributed by atoms with Crippen LogP contribution in [0, 0.1) is 5.21 Å². The standard InChI is InChI=1S/C12H8Br2N2O/c13-10-7-4-8-11(12(10)14)15-16(17)9-5-2-1-3-6-9/h1-8H. The Labute approximate surface area is 116 Å². The number of hydrogen-bond donors (Lipinski definition) is 0. The van der Waals surface area contributed by atoms with Gasteiger partial charge in [0.25, 0.3) is 0 Å². The summed E-state index contributed by atoms with van der Waals surface area (Å²) in [5.74, 6) is 0. The normalized spacial score (nSPS) is 11.5. The molecule has 2 rings (SSSR count). The van der Waals surface area contributed by atoms with E-state index in [1.165, 1.54) is 0 Å². The summed E-state index contributed by atoms with van der Waals surface area (Å²) in [6.45, 7) is 0. The van der Waals surface area contributed by atoms with Gasteiger partial charge in [-0.2, -0.15) is 0 Å². The van der Waals surface area contributed by atoms with Crippen LogP contribution in [0.2, 0.25) is 0 Å². The molecule has 0 aliphatic carbocycles. The molecule has 0 atom stereocenters. The minimum Gasteiger partial charge on any atom is -0.594 e. The van der Waals surface area contributed by atoms with Crippen molar-refractivity contribution in [3.8, 4) is 0 Å². The van der Waals surface area contributed by atoms with Crippen molar-refractivity contribution in [1.82, 2.24) is 0 Å². The van der Waals surface area contributed by atoms with Crippen LogP contribution in [0.4, 0.5) is 11.4 Å². The monoisotopic (exact) mass is 354 g/mol. The lowest BCUT2D eigenvalue weighted by molar-refractivity contribution is -0.435. The van der Waals surface area contributed by atoms with Crippen molar-refractivity contribution >= 4 is 43.2 Å². The van der Waals surface area contributed by atoms with Gasteiger partial charge in [-0.1, -0.05) is 29.1 Å². The van der Waals surface area contributed by atoms with Crippen molar-refractivity contribution in [3.63, 3.8) is 0 Å². The summed E-state index contributed by atoms with van der Waals surface area (Å²) in [5.41, 5.74) is 1.08. The lowest BCUT2D eigenvalue weighted by Gasteiger charge is -2.01. The van der Waals surface area contributed by atoms with E-state index >= 15 is 0 Å². The molecule has 2 aromatic carbocycles. The Morgan fingerprint density at radius 1 is 0.941 bits per heavy atom. The van der Waals surface area contributed by atoms with E-state index in [1.807, 2.05) is 18.2 Å². The Morgan fingerprint density at radius 3 is 2.35 bits per heavy atom. The molecule has 0 bridgehead atoms. The van der Waals surface area contributed by atoms with Crippen molar-refractivity contribution in [1.29, 1.82) is 0 Å². The van der Waals surface area contributed by atoms with Gasteiger partial charge in [-0.05, 0) is 44.0 Å². The molecular weight excluding hydrogens is 348 g/mol. The minimum atomic E-state index is 0.499. The van der Waals surface area contributed by atoms with E-state index in [2.05, 4.69) is 37.0 Å². The molecule has 0 unspecified atom stereocenters. The SMILES string of the molecule is [O-][N+](=Nc1cccc(Br)c1Br)c1ccccc1. The smallest absolute Gasteiger partial charge is 0.244 e. The number of benzene rings is 2. The zero-order valence-corrected chi connectivity index (χ0v) is 11.8. The highest BCUT2D eigenvalue weighted by molar-refractivity contribution is 9.13. The van der Waals surface area contributed by atoms with Gasteiger partial charge >= 0.3 is 0 Å². The molecule has 0 aliphatic rings. The van der Waals surface area contributed by atoms with E-state index in [0.29, 0.717) is 16.2 Å². The highest BCUT2D eigenvalue weighted by Crippen LogP contribution is 2.33. The van der Waals surface area contributed by atoms with Crippen LogP contribution in [0.25, 0.3) is 0 Å². The van der Waals surface area contributed by atoms with Gasteiger partial charge in [0.1, 0.15) is 5.69 Å². The van der Waals surface area contributed by atoms with Gasteiger partial charge in [-0.15, -0.1) is 0 Å². The number of halogens is 2. The maximum absolute atomic E-state index is 11.8. The summed E-state index contributed by atoms with van der Waals surface area (Å²) in [6, 6.07) is 14.3. The Hall–Kier alpha value is -1.20. The van der Waals surface area contributed by atoms with Crippen LogP contribution in [0.3, 0.4) is 0 Å². The van der Waals surface area contributed by atoms with Crippen molar-refractivity contribution in [2.75, 3.05) is 0 Å². The quantitative estimate of drug-likeness (QED) is 0.417. The Kier molecular flexibility index (Phi) is 3.91. The molecule has 0 saturated carbocycles. The lowest BCUT2D eigenvalue weighted by Crippen LogP contribution is -1.89. The summed E-state index contributed by atoms with van der Waals surface area (Å²) >= 11 is 6.74. The molecule has 0 saturated heterocycles. The van der Waals surface area contributed by atoms with Crippen LogP contribution in [0.15, 0.2) is 62.6 Å². The maximum Gasteiger partial charge on any atom is 0.244 e. The zero-order chi connectivity index (χ0) is 12.3. The fourth-order valence-electron chi connectivity index (χ4n) is 1.28. The van der Waals surface area contributed by atoms with Crippen molar-refractivity contribution < 1.29 is 4.86 Å². The van der Waals surface area contributed by atoms with Crippen LogP contribution < -0.4 is 0 Å². The first-order valence-electron chi connectivity index (χ1n) is 4.86. The van der Waals surface area contributed by atoms with E-state index in [4.69, 9.17) is 0 Å². The van der Waals surface area contributed by atoms with E-state index < -0.39 is 0 Å². The van der Waals surface area contributed by atoms with E-state index in [-0.39, 0.29) is 0 Å². The predicted molar refractivity (Wildman–Crippen MR) is 73.7 cm³/mol. The number of hydrogen-bond acceptors (Lipinski definition) is 2. The van der Waals surface area contributed by atoms with E-state index in [9.17, 15) is 5.21 Å². The first-order valence-corrected chi connectivity index (χ1v) is 6.45. The van der Waals surface area contributed by atoms with Crippen molar-refractivity contribution in [2.24, 2.45) is 5.11 Å². The summed E-state index contributed by atoms with van der Waals surface area (Å²) in [7, 11) is 0. The Bertz CT molecular complexity index is 556. The highest BCUT2D eigenvalue weighted by atomic mass is 79.9. The van der Waals surface area contributed by atoms with E-state index in [1.54, 1.807) is 30.3 Å². The molecule has 0 N–H and O–H groups in total. The topological polar surface area (TPSA) is 38.4 Å². The predicted octanol–water partition coefficient (Wildman–Crippen LogP) is 5.14. The first-order chi connectivity index (χ1) is 8.18. The van der Waals surface area contributed by atoms with Gasteiger partial charge in [-0.3, -0.25) is 0 Å². The maximum atomic E-state index is 11.8. The fraction of sp³-hybridized carbons (Fsp3) is 0. The lowest BCUT2D eigenvalue weighted by atomic mass is 10.3. The third-order valence-corrected chi connectivity index (χ3v) is 4.13. The Balaban J connectivity index is 2.40. The molecule has 2 aromatic rings. The summed E-state index contributed by atoms with van der Waals surface area (Å²) < 4.78 is 1.62. The van der Waals surface area contributed by atoms with Gasteiger partial charge in [0.15, 0.2) is 0 Å². The van der Waals surface area contributed by atoms with Gasteiger partial charge in [0, 0.05) is 21.7 Å². The average molecular weight is 356 g/mol. The molecule has 5 heteroatoms. The molecule has 0 aliphatic heterocycles.